The van der Waals surface area contributed by atoms with E-state index in [1.807, 2.05) is 0 Å². The predicted molar refractivity (Wildman–Crippen MR) is 83.3 cm³/mol. The average molecular weight is 277 g/mol. The number of hydrogen-bond donors (Lipinski definition) is 1. The topological polar surface area (TPSA) is 40.5 Å². The van der Waals surface area contributed by atoms with Crippen molar-refractivity contribution in [3.63, 3.8) is 0 Å². The third kappa shape index (κ3) is 4.34. The lowest BCUT2D eigenvalue weighted by Crippen LogP contribution is -2.38. The third-order valence-corrected chi connectivity index (χ3v) is 4.02. The van der Waals surface area contributed by atoms with E-state index in [1.165, 1.54) is 22.3 Å². The van der Waals surface area contributed by atoms with Crippen LogP contribution in [-0.2, 0) is 11.2 Å². The van der Waals surface area contributed by atoms with Crippen LogP contribution in [0, 0.1) is 20.8 Å². The zero-order valence-electron chi connectivity index (χ0n) is 13.4. The highest BCUT2D eigenvalue weighted by molar-refractivity contribution is 5.67. The summed E-state index contributed by atoms with van der Waals surface area (Å²) in [5.74, 6) is -0.718. The Bertz CT molecular complexity index is 441. The molecule has 0 aliphatic rings. The van der Waals surface area contributed by atoms with E-state index < -0.39 is 5.97 Å². The molecule has 0 radical (unpaired) electrons. The fourth-order valence-corrected chi connectivity index (χ4v) is 3.04. The molecule has 0 heterocycles. The SMILES string of the molecule is CCN(CC)C(CC(=O)O)Cc1c(C)cc(C)cc1C. The standard InChI is InChI=1S/C17H27NO2/c1-6-18(7-2)15(11-17(19)20)10-16-13(4)8-12(3)9-14(16)5/h8-9,15H,6-7,10-11H2,1-5H3,(H,19,20). The first-order valence-electron chi connectivity index (χ1n) is 7.41. The Morgan fingerprint density at radius 2 is 1.65 bits per heavy atom. The van der Waals surface area contributed by atoms with Gasteiger partial charge in [-0.3, -0.25) is 4.79 Å². The van der Waals surface area contributed by atoms with Gasteiger partial charge in [0.2, 0.25) is 0 Å². The highest BCUT2D eigenvalue weighted by atomic mass is 16.4. The van der Waals surface area contributed by atoms with Gasteiger partial charge in [0.1, 0.15) is 0 Å². The molecule has 1 atom stereocenters. The first kappa shape index (κ1) is 16.7. The second-order valence-corrected chi connectivity index (χ2v) is 5.55. The number of carbonyl (C=O) groups is 1. The number of aryl methyl sites for hydroxylation is 3. The van der Waals surface area contributed by atoms with Crippen LogP contribution in [0.1, 0.15) is 42.5 Å². The fraction of sp³-hybridized carbons (Fsp3) is 0.588. The zero-order chi connectivity index (χ0) is 15.3. The Hall–Kier alpha value is -1.35. The smallest absolute Gasteiger partial charge is 0.304 e. The van der Waals surface area contributed by atoms with Crippen LogP contribution in [0.5, 0.6) is 0 Å². The molecule has 1 aromatic carbocycles. The number of rotatable bonds is 7. The molecule has 0 saturated carbocycles. The van der Waals surface area contributed by atoms with Gasteiger partial charge in [0.15, 0.2) is 0 Å². The van der Waals surface area contributed by atoms with Crippen molar-refractivity contribution in [3.8, 4) is 0 Å². The van der Waals surface area contributed by atoms with Crippen molar-refractivity contribution < 1.29 is 9.90 Å². The van der Waals surface area contributed by atoms with E-state index in [-0.39, 0.29) is 12.5 Å². The van der Waals surface area contributed by atoms with Crippen LogP contribution in [0.15, 0.2) is 12.1 Å². The van der Waals surface area contributed by atoms with Gasteiger partial charge in [0.05, 0.1) is 6.42 Å². The summed E-state index contributed by atoms with van der Waals surface area (Å²) < 4.78 is 0. The summed E-state index contributed by atoms with van der Waals surface area (Å²) in [7, 11) is 0. The molecular formula is C17H27NO2. The number of nitrogens with zero attached hydrogens (tertiary/aromatic N) is 1. The number of carboxylic acids is 1. The maximum Gasteiger partial charge on any atom is 0.304 e. The van der Waals surface area contributed by atoms with Crippen molar-refractivity contribution in [1.82, 2.24) is 4.90 Å². The van der Waals surface area contributed by atoms with Crippen LogP contribution in [-0.4, -0.2) is 35.1 Å². The Morgan fingerprint density at radius 1 is 1.15 bits per heavy atom. The fourth-order valence-electron chi connectivity index (χ4n) is 3.04. The molecule has 112 valence electrons. The van der Waals surface area contributed by atoms with E-state index in [0.717, 1.165) is 19.5 Å². The summed E-state index contributed by atoms with van der Waals surface area (Å²) in [6.45, 7) is 12.3. The van der Waals surface area contributed by atoms with Crippen LogP contribution >= 0.6 is 0 Å². The lowest BCUT2D eigenvalue weighted by molar-refractivity contribution is -0.138. The Kier molecular flexibility index (Phi) is 6.21. The van der Waals surface area contributed by atoms with Gasteiger partial charge >= 0.3 is 5.97 Å². The molecule has 0 spiro atoms. The summed E-state index contributed by atoms with van der Waals surface area (Å²) in [4.78, 5) is 13.4. The zero-order valence-corrected chi connectivity index (χ0v) is 13.4. The van der Waals surface area contributed by atoms with E-state index in [9.17, 15) is 4.79 Å². The Labute approximate surface area is 122 Å². The van der Waals surface area contributed by atoms with Crippen LogP contribution in [0.4, 0.5) is 0 Å². The van der Waals surface area contributed by atoms with Gasteiger partial charge in [-0.1, -0.05) is 31.5 Å². The monoisotopic (exact) mass is 277 g/mol. The highest BCUT2D eigenvalue weighted by Gasteiger charge is 2.21. The molecule has 0 amide bonds. The number of benzene rings is 1. The van der Waals surface area contributed by atoms with Crippen LogP contribution in [0.2, 0.25) is 0 Å². The van der Waals surface area contributed by atoms with Crippen molar-refractivity contribution in [2.24, 2.45) is 0 Å². The first-order valence-corrected chi connectivity index (χ1v) is 7.41. The second kappa shape index (κ2) is 7.44. The molecule has 0 aromatic heterocycles. The molecule has 1 N–H and O–H groups in total. The molecule has 0 aliphatic carbocycles. The predicted octanol–water partition coefficient (Wildman–Crippen LogP) is 3.34. The van der Waals surface area contributed by atoms with Crippen molar-refractivity contribution >= 4 is 5.97 Å². The van der Waals surface area contributed by atoms with E-state index in [0.29, 0.717) is 0 Å². The van der Waals surface area contributed by atoms with Gasteiger partial charge in [-0.25, -0.2) is 0 Å². The molecular weight excluding hydrogens is 250 g/mol. The summed E-state index contributed by atoms with van der Waals surface area (Å²) in [6, 6.07) is 4.44. The molecule has 0 bridgehead atoms. The number of likely N-dealkylation sites (N-methyl/N-ethyl adjacent to an activating group) is 1. The molecule has 20 heavy (non-hydrogen) atoms. The van der Waals surface area contributed by atoms with Gasteiger partial charge in [-0.05, 0) is 57.0 Å². The van der Waals surface area contributed by atoms with Crippen LogP contribution in [0.25, 0.3) is 0 Å². The minimum Gasteiger partial charge on any atom is -0.481 e. The Morgan fingerprint density at radius 3 is 2.05 bits per heavy atom. The normalized spacial score (nSPS) is 12.7. The van der Waals surface area contributed by atoms with Crippen LogP contribution < -0.4 is 0 Å². The summed E-state index contributed by atoms with van der Waals surface area (Å²) in [5, 5.41) is 9.16. The van der Waals surface area contributed by atoms with E-state index in [2.05, 4.69) is 51.7 Å². The summed E-state index contributed by atoms with van der Waals surface area (Å²) in [5.41, 5.74) is 5.10. The van der Waals surface area contributed by atoms with Gasteiger partial charge in [-0.2, -0.15) is 0 Å². The van der Waals surface area contributed by atoms with Crippen molar-refractivity contribution in [2.45, 2.75) is 53.5 Å². The third-order valence-electron chi connectivity index (χ3n) is 4.02. The minimum atomic E-state index is -0.718. The van der Waals surface area contributed by atoms with Gasteiger partial charge in [-0.15, -0.1) is 0 Å². The average Bonchev–Trinajstić information content (AvgIpc) is 2.34. The summed E-state index contributed by atoms with van der Waals surface area (Å²) in [6.07, 6.45) is 1.01. The number of carboxylic acid groups (broad SMARTS) is 1. The molecule has 0 saturated heterocycles. The van der Waals surface area contributed by atoms with Crippen molar-refractivity contribution in [2.75, 3.05) is 13.1 Å². The molecule has 1 rings (SSSR count). The second-order valence-electron chi connectivity index (χ2n) is 5.55. The molecule has 1 aromatic rings. The molecule has 0 aliphatic heterocycles. The van der Waals surface area contributed by atoms with Crippen LogP contribution in [0.3, 0.4) is 0 Å². The first-order chi connectivity index (χ1) is 9.38. The molecule has 3 heteroatoms. The summed E-state index contributed by atoms with van der Waals surface area (Å²) >= 11 is 0. The van der Waals surface area contributed by atoms with Crippen molar-refractivity contribution in [1.29, 1.82) is 0 Å². The Balaban J connectivity index is 3.03. The highest BCUT2D eigenvalue weighted by Crippen LogP contribution is 2.21. The minimum absolute atomic E-state index is 0.0719. The van der Waals surface area contributed by atoms with E-state index in [1.54, 1.807) is 0 Å². The number of aliphatic carboxylic acids is 1. The van der Waals surface area contributed by atoms with Gasteiger partial charge in [0.25, 0.3) is 0 Å². The lowest BCUT2D eigenvalue weighted by atomic mass is 9.92. The van der Waals surface area contributed by atoms with E-state index in [4.69, 9.17) is 5.11 Å². The molecule has 0 fully saturated rings. The lowest BCUT2D eigenvalue weighted by Gasteiger charge is -2.29. The van der Waals surface area contributed by atoms with Gasteiger partial charge in [0, 0.05) is 6.04 Å². The molecule has 3 nitrogen and oxygen atoms in total. The van der Waals surface area contributed by atoms with E-state index >= 15 is 0 Å². The van der Waals surface area contributed by atoms with Crippen molar-refractivity contribution in [3.05, 3.63) is 34.4 Å². The quantitative estimate of drug-likeness (QED) is 0.831. The molecule has 1 unspecified atom stereocenters. The number of hydrogen-bond acceptors (Lipinski definition) is 2. The van der Waals surface area contributed by atoms with Gasteiger partial charge < -0.3 is 10.0 Å². The maximum absolute atomic E-state index is 11.1. The maximum atomic E-state index is 11.1. The largest absolute Gasteiger partial charge is 0.481 e.